The minimum absolute atomic E-state index is 0.186. The molecule has 88 valence electrons. The fraction of sp³-hybridized carbons (Fsp3) is 0.786. The van der Waals surface area contributed by atoms with E-state index in [1.807, 2.05) is 6.92 Å². The van der Waals surface area contributed by atoms with Crippen molar-refractivity contribution in [3.63, 3.8) is 0 Å². The average molecular weight is 210 g/mol. The zero-order chi connectivity index (χ0) is 11.4. The number of unbranched alkanes of at least 4 members (excludes halogenated alkanes) is 6. The van der Waals surface area contributed by atoms with Crippen LogP contribution in [0.4, 0.5) is 0 Å². The van der Waals surface area contributed by atoms with E-state index < -0.39 is 0 Å². The molecule has 0 aromatic carbocycles. The van der Waals surface area contributed by atoms with Crippen molar-refractivity contribution in [1.29, 1.82) is 0 Å². The summed E-state index contributed by atoms with van der Waals surface area (Å²) in [4.78, 5) is 10.3. The molecule has 1 atom stereocenters. The molecule has 0 bridgehead atoms. The molecule has 0 aliphatic rings. The highest BCUT2D eigenvalue weighted by atomic mass is 16.1. The van der Waals surface area contributed by atoms with Gasteiger partial charge >= 0.3 is 0 Å². The van der Waals surface area contributed by atoms with Gasteiger partial charge in [-0.1, -0.05) is 58.1 Å². The van der Waals surface area contributed by atoms with Gasteiger partial charge in [-0.15, -0.1) is 0 Å². The summed E-state index contributed by atoms with van der Waals surface area (Å²) in [6, 6.07) is 0. The second kappa shape index (κ2) is 11.5. The summed E-state index contributed by atoms with van der Waals surface area (Å²) in [6.07, 6.45) is 15.6. The summed E-state index contributed by atoms with van der Waals surface area (Å²) in [7, 11) is 0. The minimum Gasteiger partial charge on any atom is -0.303 e. The molecule has 0 fully saturated rings. The lowest BCUT2D eigenvalue weighted by molar-refractivity contribution is -0.110. The summed E-state index contributed by atoms with van der Waals surface area (Å²) < 4.78 is 0. The van der Waals surface area contributed by atoms with Gasteiger partial charge in [0.05, 0.1) is 0 Å². The van der Waals surface area contributed by atoms with Crippen LogP contribution in [0.2, 0.25) is 0 Å². The van der Waals surface area contributed by atoms with Crippen molar-refractivity contribution in [1.82, 2.24) is 0 Å². The van der Waals surface area contributed by atoms with Crippen molar-refractivity contribution in [3.8, 4) is 0 Å². The van der Waals surface area contributed by atoms with Crippen LogP contribution in [0.15, 0.2) is 12.2 Å². The number of aldehydes is 1. The van der Waals surface area contributed by atoms with Gasteiger partial charge < -0.3 is 4.79 Å². The first-order valence-electron chi connectivity index (χ1n) is 6.41. The van der Waals surface area contributed by atoms with E-state index in [9.17, 15) is 4.79 Å². The minimum atomic E-state index is 0.186. The van der Waals surface area contributed by atoms with E-state index in [0.717, 1.165) is 12.7 Å². The molecule has 1 nitrogen and oxygen atoms in total. The second-order valence-electron chi connectivity index (χ2n) is 4.38. The van der Waals surface area contributed by atoms with E-state index in [4.69, 9.17) is 0 Å². The van der Waals surface area contributed by atoms with Crippen molar-refractivity contribution in [2.75, 3.05) is 0 Å². The zero-order valence-corrected chi connectivity index (χ0v) is 10.4. The third-order valence-corrected chi connectivity index (χ3v) is 2.63. The van der Waals surface area contributed by atoms with Crippen LogP contribution in [0.25, 0.3) is 0 Å². The summed E-state index contributed by atoms with van der Waals surface area (Å²) in [5.41, 5.74) is 0. The molecule has 0 radical (unpaired) electrons. The zero-order valence-electron chi connectivity index (χ0n) is 10.4. The number of allylic oxidation sites excluding steroid dienone is 2. The molecule has 0 saturated carbocycles. The van der Waals surface area contributed by atoms with Crippen molar-refractivity contribution >= 4 is 6.29 Å². The lowest BCUT2D eigenvalue weighted by Crippen LogP contribution is -1.91. The summed E-state index contributed by atoms with van der Waals surface area (Å²) in [5, 5.41) is 0. The molecule has 0 N–H and O–H groups in total. The van der Waals surface area contributed by atoms with E-state index in [1.54, 1.807) is 0 Å². The maximum atomic E-state index is 10.3. The largest absolute Gasteiger partial charge is 0.303 e. The molecule has 1 unspecified atom stereocenters. The molecular formula is C14H26O. The predicted molar refractivity (Wildman–Crippen MR) is 67.0 cm³/mol. The van der Waals surface area contributed by atoms with Gasteiger partial charge in [-0.3, -0.25) is 0 Å². The standard InChI is InChI=1S/C14H26O/c1-3-4-5-6-7-8-9-10-11-12-14(2)13-15/h10-11,13-14H,3-9,12H2,1-2H3/b11-10+. The van der Waals surface area contributed by atoms with Crippen LogP contribution >= 0.6 is 0 Å². The lowest BCUT2D eigenvalue weighted by Gasteiger charge is -1.98. The number of hydrogen-bond donors (Lipinski definition) is 0. The molecule has 0 aliphatic heterocycles. The van der Waals surface area contributed by atoms with Crippen LogP contribution in [-0.4, -0.2) is 6.29 Å². The van der Waals surface area contributed by atoms with E-state index in [0.29, 0.717) is 0 Å². The normalized spacial score (nSPS) is 13.2. The van der Waals surface area contributed by atoms with E-state index in [-0.39, 0.29) is 5.92 Å². The Balaban J connectivity index is 3.12. The molecule has 0 aromatic heterocycles. The summed E-state index contributed by atoms with van der Waals surface area (Å²) in [5.74, 6) is 0.186. The van der Waals surface area contributed by atoms with Crippen LogP contribution < -0.4 is 0 Å². The van der Waals surface area contributed by atoms with Gasteiger partial charge in [0.25, 0.3) is 0 Å². The van der Waals surface area contributed by atoms with Crippen molar-refractivity contribution in [2.24, 2.45) is 5.92 Å². The lowest BCUT2D eigenvalue weighted by atomic mass is 10.1. The van der Waals surface area contributed by atoms with Crippen LogP contribution in [0.3, 0.4) is 0 Å². The molecule has 0 amide bonds. The third-order valence-electron chi connectivity index (χ3n) is 2.63. The Morgan fingerprint density at radius 1 is 1.00 bits per heavy atom. The van der Waals surface area contributed by atoms with Gasteiger partial charge in [0.2, 0.25) is 0 Å². The predicted octanol–water partition coefficient (Wildman–Crippen LogP) is 4.52. The van der Waals surface area contributed by atoms with Gasteiger partial charge in [0.15, 0.2) is 0 Å². The summed E-state index contributed by atoms with van der Waals surface area (Å²) >= 11 is 0. The highest BCUT2D eigenvalue weighted by Crippen LogP contribution is 2.07. The highest BCUT2D eigenvalue weighted by molar-refractivity contribution is 5.52. The molecule has 0 saturated heterocycles. The van der Waals surface area contributed by atoms with Crippen LogP contribution in [-0.2, 0) is 4.79 Å². The smallest absolute Gasteiger partial charge is 0.123 e. The Bertz CT molecular complexity index is 161. The van der Waals surface area contributed by atoms with Crippen molar-refractivity contribution in [2.45, 2.75) is 65.2 Å². The molecule has 0 aliphatic carbocycles. The maximum absolute atomic E-state index is 10.3. The third kappa shape index (κ3) is 11.3. The van der Waals surface area contributed by atoms with E-state index in [2.05, 4.69) is 19.1 Å². The van der Waals surface area contributed by atoms with E-state index >= 15 is 0 Å². The van der Waals surface area contributed by atoms with Crippen LogP contribution in [0.5, 0.6) is 0 Å². The molecule has 15 heavy (non-hydrogen) atoms. The molecule has 0 spiro atoms. The number of rotatable bonds is 10. The number of carbonyl (C=O) groups is 1. The van der Waals surface area contributed by atoms with E-state index in [1.165, 1.54) is 44.9 Å². The Morgan fingerprint density at radius 2 is 1.67 bits per heavy atom. The van der Waals surface area contributed by atoms with Crippen molar-refractivity contribution in [3.05, 3.63) is 12.2 Å². The molecule has 0 heterocycles. The van der Waals surface area contributed by atoms with Crippen LogP contribution in [0.1, 0.15) is 65.2 Å². The number of hydrogen-bond acceptors (Lipinski definition) is 1. The van der Waals surface area contributed by atoms with Gasteiger partial charge in [-0.2, -0.15) is 0 Å². The topological polar surface area (TPSA) is 17.1 Å². The first-order valence-corrected chi connectivity index (χ1v) is 6.41. The quantitative estimate of drug-likeness (QED) is 0.294. The first-order chi connectivity index (χ1) is 7.31. The van der Waals surface area contributed by atoms with Gasteiger partial charge in [-0.25, -0.2) is 0 Å². The first kappa shape index (κ1) is 14.4. The van der Waals surface area contributed by atoms with Gasteiger partial charge in [-0.05, 0) is 19.3 Å². The van der Waals surface area contributed by atoms with Crippen LogP contribution in [0, 0.1) is 5.92 Å². The Labute approximate surface area is 95.0 Å². The average Bonchev–Trinajstić information content (AvgIpc) is 2.26. The van der Waals surface area contributed by atoms with Gasteiger partial charge in [0.1, 0.15) is 6.29 Å². The number of carbonyl (C=O) groups excluding carboxylic acids is 1. The van der Waals surface area contributed by atoms with Crippen molar-refractivity contribution < 1.29 is 4.79 Å². The van der Waals surface area contributed by atoms with Gasteiger partial charge in [0, 0.05) is 5.92 Å². The fourth-order valence-electron chi connectivity index (χ4n) is 1.53. The second-order valence-corrected chi connectivity index (χ2v) is 4.38. The Hall–Kier alpha value is -0.590. The Kier molecular flexibility index (Phi) is 11.0. The Morgan fingerprint density at radius 3 is 2.33 bits per heavy atom. The molecule has 1 heteroatoms. The maximum Gasteiger partial charge on any atom is 0.123 e. The SMILES string of the molecule is CCCCCCCC/C=C/CC(C)C=O. The highest BCUT2D eigenvalue weighted by Gasteiger charge is 1.93. The molecule has 0 aromatic rings. The monoisotopic (exact) mass is 210 g/mol. The molecule has 0 rings (SSSR count). The summed E-state index contributed by atoms with van der Waals surface area (Å²) in [6.45, 7) is 4.21. The molecular weight excluding hydrogens is 184 g/mol. The fourth-order valence-corrected chi connectivity index (χ4v) is 1.53.